The van der Waals surface area contributed by atoms with Crippen LogP contribution >= 0.6 is 11.6 Å². The Morgan fingerprint density at radius 1 is 1.06 bits per heavy atom. The molecule has 0 aliphatic rings. The summed E-state index contributed by atoms with van der Waals surface area (Å²) in [5.74, 6) is -4.14. The number of nitrogens with zero attached hydrogens (tertiary/aromatic N) is 2. The predicted octanol–water partition coefficient (Wildman–Crippen LogP) is 2.87. The van der Waals surface area contributed by atoms with Crippen molar-refractivity contribution in [1.82, 2.24) is 9.97 Å². The number of hydrogen-bond acceptors (Lipinski definition) is 4. The van der Waals surface area contributed by atoms with Crippen molar-refractivity contribution in [3.8, 4) is 0 Å². The molecule has 0 fully saturated rings. The van der Waals surface area contributed by atoms with Gasteiger partial charge >= 0.3 is 0 Å². The first-order valence-corrected chi connectivity index (χ1v) is 5.05. The van der Waals surface area contributed by atoms with E-state index in [1.165, 1.54) is 6.07 Å². The molecule has 2 aromatic rings. The first-order chi connectivity index (χ1) is 8.45. The van der Waals surface area contributed by atoms with Gasteiger partial charge in [0.1, 0.15) is 11.0 Å². The Bertz CT molecular complexity index is 562. The topological polar surface area (TPSA) is 63.8 Å². The van der Waals surface area contributed by atoms with Crippen LogP contribution < -0.4 is 11.1 Å². The minimum absolute atomic E-state index is 0.0273. The van der Waals surface area contributed by atoms with Gasteiger partial charge in [0.2, 0.25) is 5.95 Å². The van der Waals surface area contributed by atoms with Gasteiger partial charge in [-0.2, -0.15) is 4.98 Å². The van der Waals surface area contributed by atoms with Crippen LogP contribution in [-0.2, 0) is 0 Å². The molecule has 0 saturated carbocycles. The number of aromatic nitrogens is 2. The Hall–Kier alpha value is -2.02. The lowest BCUT2D eigenvalue weighted by molar-refractivity contribution is 0.448. The quantitative estimate of drug-likeness (QED) is 0.653. The zero-order valence-corrected chi connectivity index (χ0v) is 9.47. The molecule has 2 rings (SSSR count). The second-order valence-electron chi connectivity index (χ2n) is 3.31. The van der Waals surface area contributed by atoms with Gasteiger partial charge in [-0.1, -0.05) is 11.6 Å². The maximum atomic E-state index is 13.0. The second-order valence-corrected chi connectivity index (χ2v) is 3.70. The van der Waals surface area contributed by atoms with E-state index in [9.17, 15) is 13.2 Å². The molecular weight excluding hydrogens is 269 g/mol. The third-order valence-corrected chi connectivity index (χ3v) is 2.16. The maximum Gasteiger partial charge on any atom is 0.223 e. The summed E-state index contributed by atoms with van der Waals surface area (Å²) in [6.07, 6.45) is 0. The summed E-state index contributed by atoms with van der Waals surface area (Å²) in [4.78, 5) is 7.35. The number of anilines is 3. The molecule has 18 heavy (non-hydrogen) atoms. The lowest BCUT2D eigenvalue weighted by Gasteiger charge is -2.07. The summed E-state index contributed by atoms with van der Waals surface area (Å²) in [5, 5.41) is 2.60. The van der Waals surface area contributed by atoms with Crippen LogP contribution in [0.5, 0.6) is 0 Å². The van der Waals surface area contributed by atoms with E-state index in [0.29, 0.717) is 0 Å². The van der Waals surface area contributed by atoms with E-state index >= 15 is 0 Å². The Kier molecular flexibility index (Phi) is 3.24. The van der Waals surface area contributed by atoms with Gasteiger partial charge in [-0.25, -0.2) is 18.2 Å². The summed E-state index contributed by atoms with van der Waals surface area (Å²) in [7, 11) is 0. The number of nitrogens with two attached hydrogens (primary N) is 1. The second kappa shape index (κ2) is 4.69. The van der Waals surface area contributed by atoms with Crippen LogP contribution in [0.15, 0.2) is 18.2 Å². The summed E-state index contributed by atoms with van der Waals surface area (Å²) >= 11 is 5.62. The Balaban J connectivity index is 2.34. The number of halogens is 4. The molecule has 0 saturated heterocycles. The molecule has 0 bridgehead atoms. The van der Waals surface area contributed by atoms with E-state index in [4.69, 9.17) is 17.3 Å². The molecule has 1 aromatic heterocycles. The smallest absolute Gasteiger partial charge is 0.223 e. The van der Waals surface area contributed by atoms with Crippen LogP contribution in [0, 0.1) is 17.5 Å². The molecule has 1 aromatic carbocycles. The third kappa shape index (κ3) is 2.62. The van der Waals surface area contributed by atoms with Crippen LogP contribution in [0.4, 0.5) is 30.6 Å². The fourth-order valence-corrected chi connectivity index (χ4v) is 1.46. The van der Waals surface area contributed by atoms with Crippen LogP contribution in [0.2, 0.25) is 5.15 Å². The normalized spacial score (nSPS) is 10.4. The number of hydrogen-bond donors (Lipinski definition) is 2. The molecule has 8 heteroatoms. The number of nitrogen functional groups attached to an aromatic ring is 1. The molecule has 4 nitrogen and oxygen atoms in total. The van der Waals surface area contributed by atoms with Crippen molar-refractivity contribution in [2.75, 3.05) is 11.1 Å². The van der Waals surface area contributed by atoms with Crippen LogP contribution in [-0.4, -0.2) is 9.97 Å². The summed E-state index contributed by atoms with van der Waals surface area (Å²) in [6, 6.07) is 2.87. The highest BCUT2D eigenvalue weighted by Gasteiger charge is 2.11. The predicted molar refractivity (Wildman–Crippen MR) is 61.1 cm³/mol. The molecular formula is C10H6ClF3N4. The van der Waals surface area contributed by atoms with Crippen LogP contribution in [0.1, 0.15) is 0 Å². The van der Waals surface area contributed by atoms with Crippen molar-refractivity contribution in [2.45, 2.75) is 0 Å². The van der Waals surface area contributed by atoms with E-state index in [1.807, 2.05) is 0 Å². The van der Waals surface area contributed by atoms with E-state index in [0.717, 1.165) is 12.1 Å². The van der Waals surface area contributed by atoms with Gasteiger partial charge in [-0.3, -0.25) is 0 Å². The van der Waals surface area contributed by atoms with Gasteiger partial charge < -0.3 is 11.1 Å². The van der Waals surface area contributed by atoms with Crippen molar-refractivity contribution in [3.63, 3.8) is 0 Å². The maximum absolute atomic E-state index is 13.0. The van der Waals surface area contributed by atoms with Crippen molar-refractivity contribution in [3.05, 3.63) is 40.8 Å². The standard InChI is InChI=1S/C10H6ClF3N4/c11-7-3-8(18-10(15)17-7)16-4-1-5(12)9(14)6(13)2-4/h1-3H,(H3,15,16,17,18). The van der Waals surface area contributed by atoms with Crippen LogP contribution in [0.25, 0.3) is 0 Å². The molecule has 0 atom stereocenters. The molecule has 1 heterocycles. The fourth-order valence-electron chi connectivity index (χ4n) is 1.27. The SMILES string of the molecule is Nc1nc(Cl)cc(Nc2cc(F)c(F)c(F)c2)n1. The van der Waals surface area contributed by atoms with E-state index < -0.39 is 17.5 Å². The minimum Gasteiger partial charge on any atom is -0.368 e. The highest BCUT2D eigenvalue weighted by Crippen LogP contribution is 2.22. The third-order valence-electron chi connectivity index (χ3n) is 1.97. The molecule has 0 amide bonds. The first kappa shape index (κ1) is 12.4. The molecule has 0 aliphatic heterocycles. The molecule has 0 radical (unpaired) electrons. The lowest BCUT2D eigenvalue weighted by Crippen LogP contribution is -2.01. The number of nitrogens with one attached hydrogen (secondary N) is 1. The Morgan fingerprint density at radius 3 is 2.22 bits per heavy atom. The Labute approximate surface area is 105 Å². The van der Waals surface area contributed by atoms with Crippen molar-refractivity contribution < 1.29 is 13.2 Å². The summed E-state index contributed by atoms with van der Waals surface area (Å²) < 4.78 is 38.7. The lowest BCUT2D eigenvalue weighted by atomic mass is 10.3. The fraction of sp³-hybridized carbons (Fsp3) is 0. The van der Waals surface area contributed by atoms with Gasteiger partial charge in [0, 0.05) is 23.9 Å². The van der Waals surface area contributed by atoms with E-state index in [-0.39, 0.29) is 22.6 Å². The summed E-state index contributed by atoms with van der Waals surface area (Å²) in [5.41, 5.74) is 5.31. The van der Waals surface area contributed by atoms with Crippen molar-refractivity contribution in [1.29, 1.82) is 0 Å². The highest BCUT2D eigenvalue weighted by atomic mass is 35.5. The van der Waals surface area contributed by atoms with Gasteiger partial charge in [0.05, 0.1) is 0 Å². The monoisotopic (exact) mass is 274 g/mol. The number of rotatable bonds is 2. The van der Waals surface area contributed by atoms with Crippen molar-refractivity contribution >= 4 is 29.1 Å². The van der Waals surface area contributed by atoms with Crippen molar-refractivity contribution in [2.24, 2.45) is 0 Å². The highest BCUT2D eigenvalue weighted by molar-refractivity contribution is 6.29. The van der Waals surface area contributed by atoms with E-state index in [1.54, 1.807) is 0 Å². The van der Waals surface area contributed by atoms with Gasteiger partial charge in [-0.05, 0) is 0 Å². The van der Waals surface area contributed by atoms with Gasteiger partial charge in [-0.15, -0.1) is 0 Å². The summed E-state index contributed by atoms with van der Waals surface area (Å²) in [6.45, 7) is 0. The average Bonchev–Trinajstić information content (AvgIpc) is 2.24. The minimum atomic E-state index is -1.54. The molecule has 0 unspecified atom stereocenters. The number of benzene rings is 1. The average molecular weight is 275 g/mol. The van der Waals surface area contributed by atoms with Crippen LogP contribution in [0.3, 0.4) is 0 Å². The molecule has 0 aliphatic carbocycles. The largest absolute Gasteiger partial charge is 0.368 e. The first-order valence-electron chi connectivity index (χ1n) is 4.67. The molecule has 0 spiro atoms. The zero-order chi connectivity index (χ0) is 13.3. The molecule has 94 valence electrons. The van der Waals surface area contributed by atoms with E-state index in [2.05, 4.69) is 15.3 Å². The van der Waals surface area contributed by atoms with Gasteiger partial charge in [0.15, 0.2) is 17.5 Å². The molecule has 3 N–H and O–H groups in total. The Morgan fingerprint density at radius 2 is 1.67 bits per heavy atom. The van der Waals surface area contributed by atoms with Gasteiger partial charge in [0.25, 0.3) is 0 Å². The zero-order valence-electron chi connectivity index (χ0n) is 8.72.